The molecule has 0 saturated carbocycles. The quantitative estimate of drug-likeness (QED) is 0.914. The first kappa shape index (κ1) is 14.0. The minimum atomic E-state index is -0.0442. The summed E-state index contributed by atoms with van der Waals surface area (Å²) in [5.41, 5.74) is 0.772. The highest BCUT2D eigenvalue weighted by Gasteiger charge is 2.10. The molecule has 5 nitrogen and oxygen atoms in total. The van der Waals surface area contributed by atoms with Crippen molar-refractivity contribution in [2.45, 2.75) is 33.0 Å². The van der Waals surface area contributed by atoms with Gasteiger partial charge in [0.1, 0.15) is 5.75 Å². The zero-order valence-corrected chi connectivity index (χ0v) is 12.3. The maximum atomic E-state index is 9.17. The fourth-order valence-corrected chi connectivity index (χ4v) is 1.84. The molecule has 0 fully saturated rings. The Morgan fingerprint density at radius 3 is 2.84 bits per heavy atom. The maximum absolute atomic E-state index is 9.17. The summed E-state index contributed by atoms with van der Waals surface area (Å²) in [5.74, 6) is 1.97. The molecular weight excluding hydrogens is 312 g/mol. The van der Waals surface area contributed by atoms with Crippen molar-refractivity contribution in [2.24, 2.45) is 0 Å². The normalized spacial score (nSPS) is 11.0. The van der Waals surface area contributed by atoms with E-state index in [0.717, 1.165) is 10.0 Å². The van der Waals surface area contributed by atoms with E-state index in [0.29, 0.717) is 17.5 Å². The van der Waals surface area contributed by atoms with Gasteiger partial charge < -0.3 is 14.4 Å². The fraction of sp³-hybridized carbons (Fsp3) is 0.385. The van der Waals surface area contributed by atoms with Crippen molar-refractivity contribution < 1.29 is 14.4 Å². The second kappa shape index (κ2) is 6.16. The molecule has 0 bridgehead atoms. The first-order valence-electron chi connectivity index (χ1n) is 5.94. The van der Waals surface area contributed by atoms with E-state index in [1.54, 1.807) is 6.07 Å². The Balaban J connectivity index is 2.01. The highest BCUT2D eigenvalue weighted by molar-refractivity contribution is 9.10. The van der Waals surface area contributed by atoms with Gasteiger partial charge in [0.25, 0.3) is 0 Å². The smallest absolute Gasteiger partial charge is 0.229 e. The molecule has 0 amide bonds. The van der Waals surface area contributed by atoms with Gasteiger partial charge in [-0.25, -0.2) is 0 Å². The SMILES string of the molecule is CC(C)c1nc(COc2ccc(Br)c(CO)c2)no1. The summed E-state index contributed by atoms with van der Waals surface area (Å²) in [6.07, 6.45) is 0. The maximum Gasteiger partial charge on any atom is 0.229 e. The lowest BCUT2D eigenvalue weighted by molar-refractivity contribution is 0.273. The number of ether oxygens (including phenoxy) is 1. The topological polar surface area (TPSA) is 68.4 Å². The third kappa shape index (κ3) is 3.54. The summed E-state index contributed by atoms with van der Waals surface area (Å²) in [5, 5.41) is 13.0. The van der Waals surface area contributed by atoms with Gasteiger partial charge in [0, 0.05) is 10.4 Å². The van der Waals surface area contributed by atoms with Gasteiger partial charge >= 0.3 is 0 Å². The molecular formula is C13H15BrN2O3. The molecule has 0 aliphatic rings. The number of hydrogen-bond donors (Lipinski definition) is 1. The van der Waals surface area contributed by atoms with E-state index in [1.807, 2.05) is 26.0 Å². The van der Waals surface area contributed by atoms with E-state index in [2.05, 4.69) is 26.1 Å². The molecule has 0 spiro atoms. The molecule has 0 radical (unpaired) electrons. The van der Waals surface area contributed by atoms with E-state index in [9.17, 15) is 0 Å². The van der Waals surface area contributed by atoms with Crippen LogP contribution in [0.1, 0.15) is 37.0 Å². The fourth-order valence-electron chi connectivity index (χ4n) is 1.47. The molecule has 0 saturated heterocycles. The first-order valence-corrected chi connectivity index (χ1v) is 6.74. The predicted molar refractivity (Wildman–Crippen MR) is 72.8 cm³/mol. The molecule has 0 aliphatic carbocycles. The van der Waals surface area contributed by atoms with Crippen LogP contribution in [0.5, 0.6) is 5.75 Å². The van der Waals surface area contributed by atoms with Crippen molar-refractivity contribution in [3.8, 4) is 5.75 Å². The van der Waals surface area contributed by atoms with E-state index in [-0.39, 0.29) is 19.1 Å². The summed E-state index contributed by atoms with van der Waals surface area (Å²) in [4.78, 5) is 4.22. The molecule has 1 heterocycles. The van der Waals surface area contributed by atoms with E-state index < -0.39 is 0 Å². The van der Waals surface area contributed by atoms with Crippen molar-refractivity contribution in [1.29, 1.82) is 0 Å². The molecule has 1 aromatic carbocycles. The Labute approximate surface area is 119 Å². The van der Waals surface area contributed by atoms with Crippen LogP contribution in [0.2, 0.25) is 0 Å². The predicted octanol–water partition coefficient (Wildman–Crippen LogP) is 3.03. The largest absolute Gasteiger partial charge is 0.485 e. The molecule has 6 heteroatoms. The third-order valence-corrected chi connectivity index (χ3v) is 3.31. The van der Waals surface area contributed by atoms with Crippen LogP contribution in [-0.4, -0.2) is 15.2 Å². The molecule has 102 valence electrons. The summed E-state index contributed by atoms with van der Waals surface area (Å²) in [6.45, 7) is 4.17. The number of rotatable bonds is 5. The number of benzene rings is 1. The van der Waals surface area contributed by atoms with Crippen molar-refractivity contribution in [3.63, 3.8) is 0 Å². The van der Waals surface area contributed by atoms with Crippen molar-refractivity contribution in [1.82, 2.24) is 10.1 Å². The van der Waals surface area contributed by atoms with Crippen LogP contribution in [0.3, 0.4) is 0 Å². The van der Waals surface area contributed by atoms with Gasteiger partial charge in [-0.2, -0.15) is 4.98 Å². The second-order valence-corrected chi connectivity index (χ2v) is 5.26. The van der Waals surface area contributed by atoms with Gasteiger partial charge in [-0.3, -0.25) is 0 Å². The number of aromatic nitrogens is 2. The minimum Gasteiger partial charge on any atom is -0.485 e. The monoisotopic (exact) mass is 326 g/mol. The molecule has 0 unspecified atom stereocenters. The molecule has 0 atom stereocenters. The zero-order chi connectivity index (χ0) is 13.8. The molecule has 1 aromatic heterocycles. The molecule has 1 N–H and O–H groups in total. The number of aliphatic hydroxyl groups excluding tert-OH is 1. The average Bonchev–Trinajstić information content (AvgIpc) is 2.87. The number of nitrogens with zero attached hydrogens (tertiary/aromatic N) is 2. The van der Waals surface area contributed by atoms with Crippen LogP contribution in [0.25, 0.3) is 0 Å². The number of hydrogen-bond acceptors (Lipinski definition) is 5. The lowest BCUT2D eigenvalue weighted by Gasteiger charge is -2.06. The van der Waals surface area contributed by atoms with Crippen LogP contribution in [0.4, 0.5) is 0 Å². The lowest BCUT2D eigenvalue weighted by atomic mass is 10.2. The van der Waals surface area contributed by atoms with Crippen LogP contribution >= 0.6 is 15.9 Å². The second-order valence-electron chi connectivity index (χ2n) is 4.40. The van der Waals surface area contributed by atoms with Crippen molar-refractivity contribution in [3.05, 3.63) is 40.0 Å². The Morgan fingerprint density at radius 2 is 2.21 bits per heavy atom. The third-order valence-electron chi connectivity index (χ3n) is 2.53. The molecule has 2 aromatic rings. The lowest BCUT2D eigenvalue weighted by Crippen LogP contribution is -1.99. The summed E-state index contributed by atoms with van der Waals surface area (Å²) < 4.78 is 11.5. The van der Waals surface area contributed by atoms with Crippen molar-refractivity contribution in [2.75, 3.05) is 0 Å². The van der Waals surface area contributed by atoms with Gasteiger partial charge in [-0.05, 0) is 23.8 Å². The zero-order valence-electron chi connectivity index (χ0n) is 10.8. The Hall–Kier alpha value is -1.40. The van der Waals surface area contributed by atoms with Gasteiger partial charge in [-0.15, -0.1) is 0 Å². The minimum absolute atomic E-state index is 0.0442. The van der Waals surface area contributed by atoms with Crippen LogP contribution in [-0.2, 0) is 13.2 Å². The first-order chi connectivity index (χ1) is 9.10. The van der Waals surface area contributed by atoms with Gasteiger partial charge in [0.05, 0.1) is 6.61 Å². The Morgan fingerprint density at radius 1 is 1.42 bits per heavy atom. The van der Waals surface area contributed by atoms with Crippen molar-refractivity contribution >= 4 is 15.9 Å². The average molecular weight is 327 g/mol. The van der Waals surface area contributed by atoms with Crippen LogP contribution < -0.4 is 4.74 Å². The van der Waals surface area contributed by atoms with Crippen LogP contribution in [0.15, 0.2) is 27.2 Å². The molecule has 19 heavy (non-hydrogen) atoms. The summed E-state index contributed by atoms with van der Waals surface area (Å²) in [6, 6.07) is 5.41. The van der Waals surface area contributed by atoms with Gasteiger partial charge in [0.2, 0.25) is 11.7 Å². The van der Waals surface area contributed by atoms with Gasteiger partial charge in [-0.1, -0.05) is 34.9 Å². The summed E-state index contributed by atoms with van der Waals surface area (Å²) >= 11 is 3.35. The highest BCUT2D eigenvalue weighted by Crippen LogP contribution is 2.23. The Bertz CT molecular complexity index is 555. The van der Waals surface area contributed by atoms with Gasteiger partial charge in [0.15, 0.2) is 6.61 Å². The number of aliphatic hydroxyl groups is 1. The Kier molecular flexibility index (Phi) is 4.55. The highest BCUT2D eigenvalue weighted by atomic mass is 79.9. The van der Waals surface area contributed by atoms with E-state index >= 15 is 0 Å². The van der Waals surface area contributed by atoms with E-state index in [1.165, 1.54) is 0 Å². The molecule has 0 aliphatic heterocycles. The molecule has 2 rings (SSSR count). The number of halogens is 1. The standard InChI is InChI=1S/C13H15BrN2O3/c1-8(2)13-15-12(16-19-13)7-18-10-3-4-11(14)9(5-10)6-17/h3-5,8,17H,6-7H2,1-2H3. The summed E-state index contributed by atoms with van der Waals surface area (Å²) in [7, 11) is 0. The van der Waals surface area contributed by atoms with Crippen LogP contribution in [0, 0.1) is 0 Å². The van der Waals surface area contributed by atoms with E-state index in [4.69, 9.17) is 14.4 Å².